The van der Waals surface area contributed by atoms with Crippen LogP contribution in [0.3, 0.4) is 0 Å². The molecule has 0 amide bonds. The lowest BCUT2D eigenvalue weighted by Gasteiger charge is -2.26. The molecule has 0 saturated heterocycles. The van der Waals surface area contributed by atoms with Gasteiger partial charge in [-0.2, -0.15) is 0 Å². The van der Waals surface area contributed by atoms with E-state index < -0.39 is 5.97 Å². The molecule has 1 aromatic heterocycles. The summed E-state index contributed by atoms with van der Waals surface area (Å²) >= 11 is 0. The molecule has 1 heterocycles. The Kier molecular flexibility index (Phi) is 2.81. The van der Waals surface area contributed by atoms with Gasteiger partial charge in [0.05, 0.1) is 0 Å². The number of rotatable bonds is 3. The molecule has 1 saturated carbocycles. The summed E-state index contributed by atoms with van der Waals surface area (Å²) in [6, 6.07) is 3.22. The fourth-order valence-corrected chi connectivity index (χ4v) is 2.24. The summed E-state index contributed by atoms with van der Waals surface area (Å²) in [7, 11) is 0. The zero-order chi connectivity index (χ0) is 11.6. The van der Waals surface area contributed by atoms with Crippen LogP contribution in [0.5, 0.6) is 0 Å². The standard InChI is InChI=1S/C12H16N2O2/c1-12(6-2-3-7-12)14-10-9(11(15)16)5-4-8-13-10/h4-5,8H,2-3,6-7H2,1H3,(H,13,14)(H,15,16). The van der Waals surface area contributed by atoms with E-state index in [1.54, 1.807) is 18.3 Å². The van der Waals surface area contributed by atoms with Gasteiger partial charge in [-0.25, -0.2) is 9.78 Å². The minimum absolute atomic E-state index is 0.00144. The quantitative estimate of drug-likeness (QED) is 0.821. The third-order valence-corrected chi connectivity index (χ3v) is 3.17. The number of nitrogens with one attached hydrogen (secondary N) is 1. The molecule has 0 spiro atoms. The maximum absolute atomic E-state index is 11.0. The molecular weight excluding hydrogens is 204 g/mol. The van der Waals surface area contributed by atoms with Crippen LogP contribution in [0.15, 0.2) is 18.3 Å². The van der Waals surface area contributed by atoms with Crippen LogP contribution < -0.4 is 5.32 Å². The highest BCUT2D eigenvalue weighted by atomic mass is 16.4. The third-order valence-electron chi connectivity index (χ3n) is 3.17. The summed E-state index contributed by atoms with van der Waals surface area (Å²) in [5.41, 5.74) is 0.245. The maximum Gasteiger partial charge on any atom is 0.339 e. The number of aromatic nitrogens is 1. The lowest BCUT2D eigenvalue weighted by Crippen LogP contribution is -2.32. The number of carbonyl (C=O) groups is 1. The molecule has 0 unspecified atom stereocenters. The molecule has 16 heavy (non-hydrogen) atoms. The van der Waals surface area contributed by atoms with Crippen molar-refractivity contribution in [2.75, 3.05) is 5.32 Å². The number of pyridine rings is 1. The number of anilines is 1. The number of hydrogen-bond donors (Lipinski definition) is 2. The molecule has 4 nitrogen and oxygen atoms in total. The number of carboxylic acid groups (broad SMARTS) is 1. The van der Waals surface area contributed by atoms with Crippen LogP contribution in [-0.4, -0.2) is 21.6 Å². The highest BCUT2D eigenvalue weighted by molar-refractivity contribution is 5.93. The first-order valence-electron chi connectivity index (χ1n) is 5.57. The van der Waals surface area contributed by atoms with Crippen molar-refractivity contribution in [3.8, 4) is 0 Å². The van der Waals surface area contributed by atoms with Gasteiger partial charge in [0, 0.05) is 11.7 Å². The fraction of sp³-hybridized carbons (Fsp3) is 0.500. The lowest BCUT2D eigenvalue weighted by molar-refractivity contribution is 0.0697. The van der Waals surface area contributed by atoms with E-state index in [9.17, 15) is 4.79 Å². The predicted molar refractivity (Wildman–Crippen MR) is 61.7 cm³/mol. The SMILES string of the molecule is CC1(Nc2ncccc2C(=O)O)CCCC1. The normalized spacial score (nSPS) is 18.3. The first kappa shape index (κ1) is 10.9. The summed E-state index contributed by atoms with van der Waals surface area (Å²) in [5.74, 6) is -0.448. The van der Waals surface area contributed by atoms with Crippen molar-refractivity contribution < 1.29 is 9.90 Å². The minimum atomic E-state index is -0.933. The second kappa shape index (κ2) is 4.12. The average molecular weight is 220 g/mol. The Morgan fingerprint density at radius 1 is 1.50 bits per heavy atom. The Morgan fingerprint density at radius 3 is 2.81 bits per heavy atom. The molecular formula is C12H16N2O2. The van der Waals surface area contributed by atoms with Gasteiger partial charge >= 0.3 is 5.97 Å². The van der Waals surface area contributed by atoms with E-state index in [2.05, 4.69) is 17.2 Å². The van der Waals surface area contributed by atoms with Crippen molar-refractivity contribution in [3.05, 3.63) is 23.9 Å². The Balaban J connectivity index is 2.23. The molecule has 0 atom stereocenters. The van der Waals surface area contributed by atoms with Crippen LogP contribution in [-0.2, 0) is 0 Å². The molecule has 2 N–H and O–H groups in total. The van der Waals surface area contributed by atoms with E-state index in [0.717, 1.165) is 12.8 Å². The van der Waals surface area contributed by atoms with Crippen LogP contribution in [0, 0.1) is 0 Å². The summed E-state index contributed by atoms with van der Waals surface area (Å²) in [6.07, 6.45) is 6.15. The molecule has 1 aliphatic carbocycles. The van der Waals surface area contributed by atoms with Crippen molar-refractivity contribution in [1.29, 1.82) is 0 Å². The van der Waals surface area contributed by atoms with Gasteiger partial charge in [0.25, 0.3) is 0 Å². The van der Waals surface area contributed by atoms with Crippen molar-refractivity contribution in [3.63, 3.8) is 0 Å². The summed E-state index contributed by atoms with van der Waals surface area (Å²) < 4.78 is 0. The summed E-state index contributed by atoms with van der Waals surface area (Å²) in [6.45, 7) is 2.13. The number of nitrogens with zero attached hydrogens (tertiary/aromatic N) is 1. The number of hydrogen-bond acceptors (Lipinski definition) is 3. The van der Waals surface area contributed by atoms with Gasteiger partial charge in [-0.05, 0) is 31.9 Å². The Labute approximate surface area is 94.7 Å². The van der Waals surface area contributed by atoms with Crippen LogP contribution in [0.1, 0.15) is 43.0 Å². The molecule has 2 rings (SSSR count). The Hall–Kier alpha value is -1.58. The average Bonchev–Trinajstić information content (AvgIpc) is 2.65. The Bertz CT molecular complexity index is 398. The first-order chi connectivity index (χ1) is 7.61. The van der Waals surface area contributed by atoms with Gasteiger partial charge in [-0.3, -0.25) is 0 Å². The van der Waals surface area contributed by atoms with Crippen LogP contribution >= 0.6 is 0 Å². The Morgan fingerprint density at radius 2 is 2.19 bits per heavy atom. The largest absolute Gasteiger partial charge is 0.478 e. The van der Waals surface area contributed by atoms with Crippen molar-refractivity contribution in [1.82, 2.24) is 4.98 Å². The highest BCUT2D eigenvalue weighted by Crippen LogP contribution is 2.32. The molecule has 4 heteroatoms. The smallest absolute Gasteiger partial charge is 0.339 e. The molecule has 1 fully saturated rings. The maximum atomic E-state index is 11.0. The zero-order valence-corrected chi connectivity index (χ0v) is 9.36. The molecule has 0 bridgehead atoms. The van der Waals surface area contributed by atoms with E-state index in [0.29, 0.717) is 5.82 Å². The van der Waals surface area contributed by atoms with Gasteiger partial charge in [-0.1, -0.05) is 12.8 Å². The number of carboxylic acids is 1. The molecule has 1 aromatic rings. The zero-order valence-electron chi connectivity index (χ0n) is 9.36. The second-order valence-electron chi connectivity index (χ2n) is 4.60. The molecule has 0 aliphatic heterocycles. The topological polar surface area (TPSA) is 62.2 Å². The summed E-state index contributed by atoms with van der Waals surface area (Å²) in [5, 5.41) is 12.3. The van der Waals surface area contributed by atoms with Gasteiger partial charge in [0.15, 0.2) is 0 Å². The van der Waals surface area contributed by atoms with Crippen molar-refractivity contribution in [2.24, 2.45) is 0 Å². The molecule has 0 radical (unpaired) electrons. The fourth-order valence-electron chi connectivity index (χ4n) is 2.24. The first-order valence-corrected chi connectivity index (χ1v) is 5.57. The van der Waals surface area contributed by atoms with Gasteiger partial charge in [-0.15, -0.1) is 0 Å². The summed E-state index contributed by atoms with van der Waals surface area (Å²) in [4.78, 5) is 15.1. The minimum Gasteiger partial charge on any atom is -0.478 e. The van der Waals surface area contributed by atoms with E-state index in [4.69, 9.17) is 5.11 Å². The van der Waals surface area contributed by atoms with Gasteiger partial charge in [0.1, 0.15) is 11.4 Å². The lowest BCUT2D eigenvalue weighted by atomic mass is 10.0. The monoisotopic (exact) mass is 220 g/mol. The predicted octanol–water partition coefficient (Wildman–Crippen LogP) is 2.52. The second-order valence-corrected chi connectivity index (χ2v) is 4.60. The highest BCUT2D eigenvalue weighted by Gasteiger charge is 2.29. The van der Waals surface area contributed by atoms with Crippen LogP contribution in [0.4, 0.5) is 5.82 Å². The van der Waals surface area contributed by atoms with E-state index in [-0.39, 0.29) is 11.1 Å². The van der Waals surface area contributed by atoms with E-state index in [1.807, 2.05) is 0 Å². The van der Waals surface area contributed by atoms with Crippen molar-refractivity contribution in [2.45, 2.75) is 38.1 Å². The van der Waals surface area contributed by atoms with E-state index >= 15 is 0 Å². The number of aromatic carboxylic acids is 1. The van der Waals surface area contributed by atoms with Gasteiger partial charge < -0.3 is 10.4 Å². The molecule has 86 valence electrons. The van der Waals surface area contributed by atoms with Crippen LogP contribution in [0.2, 0.25) is 0 Å². The van der Waals surface area contributed by atoms with Gasteiger partial charge in [0.2, 0.25) is 0 Å². The molecule has 0 aromatic carbocycles. The third kappa shape index (κ3) is 2.15. The molecule has 1 aliphatic rings. The van der Waals surface area contributed by atoms with Crippen LogP contribution in [0.25, 0.3) is 0 Å². The van der Waals surface area contributed by atoms with E-state index in [1.165, 1.54) is 12.8 Å². The van der Waals surface area contributed by atoms with Crippen molar-refractivity contribution >= 4 is 11.8 Å².